The highest BCUT2D eigenvalue weighted by molar-refractivity contribution is 5.96. The monoisotopic (exact) mass is 549 g/mol. The molecule has 11 heteroatoms. The molecule has 9 nitrogen and oxygen atoms in total. The molecule has 0 saturated carbocycles. The van der Waals surface area contributed by atoms with E-state index in [1.54, 1.807) is 28.9 Å². The predicted molar refractivity (Wildman–Crippen MR) is 150 cm³/mol. The van der Waals surface area contributed by atoms with E-state index in [0.29, 0.717) is 29.3 Å². The van der Waals surface area contributed by atoms with Crippen molar-refractivity contribution < 1.29 is 18.3 Å². The third-order valence-electron chi connectivity index (χ3n) is 7.10. The van der Waals surface area contributed by atoms with Crippen LogP contribution in [0.25, 0.3) is 16.9 Å². The normalized spacial score (nSPS) is 13.9. The number of unbranched alkanes of at least 4 members (excludes halogenated alkanes) is 1. The van der Waals surface area contributed by atoms with Crippen LogP contribution >= 0.6 is 0 Å². The topological polar surface area (TPSA) is 95.8 Å². The predicted octanol–water partition coefficient (Wildman–Crippen LogP) is 4.15. The Morgan fingerprint density at radius 1 is 1.10 bits per heavy atom. The van der Waals surface area contributed by atoms with Crippen LogP contribution in [0.2, 0.25) is 0 Å². The van der Waals surface area contributed by atoms with Crippen molar-refractivity contribution in [3.05, 3.63) is 71.7 Å². The molecular formula is C29H33F2N7O2. The fraction of sp³-hybridized carbons (Fsp3) is 0.345. The average Bonchev–Trinajstić information content (AvgIpc) is 3.40. The Morgan fingerprint density at radius 3 is 2.70 bits per heavy atom. The molecule has 1 amide bonds. The van der Waals surface area contributed by atoms with Crippen LogP contribution in [0.3, 0.4) is 0 Å². The number of methoxy groups -OCH3 is 1. The van der Waals surface area contributed by atoms with Crippen LogP contribution in [0.4, 0.5) is 20.3 Å². The van der Waals surface area contributed by atoms with Crippen LogP contribution < -0.4 is 20.7 Å². The zero-order valence-electron chi connectivity index (χ0n) is 22.6. The van der Waals surface area contributed by atoms with Gasteiger partial charge in [-0.1, -0.05) is 0 Å². The number of fused-ring (bicyclic) bond motifs is 1. The number of amides is 1. The van der Waals surface area contributed by atoms with Crippen LogP contribution in [0, 0.1) is 18.6 Å². The minimum Gasteiger partial charge on any atom is -0.494 e. The van der Waals surface area contributed by atoms with Crippen molar-refractivity contribution in [2.24, 2.45) is 0 Å². The van der Waals surface area contributed by atoms with Gasteiger partial charge in [0.15, 0.2) is 23.0 Å². The highest BCUT2D eigenvalue weighted by atomic mass is 19.2. The highest BCUT2D eigenvalue weighted by Gasteiger charge is 2.19. The molecule has 0 bridgehead atoms. The molecule has 0 spiro atoms. The smallest absolute Gasteiger partial charge is 0.251 e. The number of carbonyl (C=O) groups excluding carboxylic acids is 1. The van der Waals surface area contributed by atoms with Gasteiger partial charge >= 0.3 is 0 Å². The fourth-order valence-corrected chi connectivity index (χ4v) is 4.92. The summed E-state index contributed by atoms with van der Waals surface area (Å²) in [5.74, 6) is -1.91. The fourth-order valence-electron chi connectivity index (χ4n) is 4.92. The summed E-state index contributed by atoms with van der Waals surface area (Å²) in [4.78, 5) is 24.0. The molecule has 0 atom stereocenters. The van der Waals surface area contributed by atoms with E-state index in [-0.39, 0.29) is 17.2 Å². The summed E-state index contributed by atoms with van der Waals surface area (Å²) in [5, 5.41) is 9.61. The van der Waals surface area contributed by atoms with Gasteiger partial charge < -0.3 is 25.6 Å². The Labute approximate surface area is 231 Å². The van der Waals surface area contributed by atoms with Gasteiger partial charge in [-0.3, -0.25) is 9.20 Å². The van der Waals surface area contributed by atoms with Crippen molar-refractivity contribution >= 4 is 23.1 Å². The Kier molecular flexibility index (Phi) is 8.51. The molecule has 1 fully saturated rings. The van der Waals surface area contributed by atoms with Crippen molar-refractivity contribution in [1.29, 1.82) is 0 Å². The number of benzene rings is 2. The molecule has 3 N–H and O–H groups in total. The minimum atomic E-state index is -1.06. The first-order valence-corrected chi connectivity index (χ1v) is 13.4. The lowest BCUT2D eigenvalue weighted by molar-refractivity contribution is 0.0952. The lowest BCUT2D eigenvalue weighted by Crippen LogP contribution is -2.43. The second kappa shape index (κ2) is 12.4. The summed E-state index contributed by atoms with van der Waals surface area (Å²) in [5.41, 5.74) is 3.01. The molecule has 40 heavy (non-hydrogen) atoms. The Morgan fingerprint density at radius 2 is 1.93 bits per heavy atom. The van der Waals surface area contributed by atoms with Crippen LogP contribution in [-0.2, 0) is 0 Å². The maximum absolute atomic E-state index is 14.8. The number of piperazine rings is 1. The Balaban J connectivity index is 1.24. The largest absolute Gasteiger partial charge is 0.494 e. The number of nitrogens with one attached hydrogen (secondary N) is 3. The van der Waals surface area contributed by atoms with Crippen molar-refractivity contribution in [3.63, 3.8) is 0 Å². The van der Waals surface area contributed by atoms with Gasteiger partial charge in [-0.05, 0) is 62.2 Å². The van der Waals surface area contributed by atoms with Crippen LogP contribution in [0.15, 0.2) is 48.9 Å². The SMILES string of the molecule is COc1ccc(-c2cnc3c(Nc4ccc(C(=O)NCCCCN5CCNCC5)c(C)c4)nccn23)c(F)c1F. The molecule has 0 unspecified atom stereocenters. The number of hydrogen-bond acceptors (Lipinski definition) is 7. The molecule has 0 radical (unpaired) electrons. The molecule has 0 aliphatic carbocycles. The summed E-state index contributed by atoms with van der Waals surface area (Å²) in [6, 6.07) is 8.28. The number of carbonyl (C=O) groups is 1. The number of halogens is 2. The number of imidazole rings is 1. The van der Waals surface area contributed by atoms with Gasteiger partial charge in [-0.2, -0.15) is 4.39 Å². The molecule has 1 saturated heterocycles. The number of aromatic nitrogens is 3. The third-order valence-corrected chi connectivity index (χ3v) is 7.10. The number of anilines is 2. The van der Waals surface area contributed by atoms with Gasteiger partial charge in [0.1, 0.15) is 0 Å². The van der Waals surface area contributed by atoms with E-state index in [2.05, 4.69) is 30.8 Å². The number of aryl methyl sites for hydroxylation is 1. The van der Waals surface area contributed by atoms with E-state index in [0.717, 1.165) is 56.8 Å². The number of hydrogen-bond donors (Lipinski definition) is 3. The first kappa shape index (κ1) is 27.5. The molecular weight excluding hydrogens is 516 g/mol. The summed E-state index contributed by atoms with van der Waals surface area (Å²) < 4.78 is 35.6. The summed E-state index contributed by atoms with van der Waals surface area (Å²) in [7, 11) is 1.28. The quantitative estimate of drug-likeness (QED) is 0.256. The molecule has 2 aromatic carbocycles. The third kappa shape index (κ3) is 5.90. The molecule has 3 heterocycles. The van der Waals surface area contributed by atoms with Gasteiger partial charge in [0, 0.05) is 61.9 Å². The summed E-state index contributed by atoms with van der Waals surface area (Å²) in [6.07, 6.45) is 6.64. The minimum absolute atomic E-state index is 0.0537. The molecule has 210 valence electrons. The van der Waals surface area contributed by atoms with E-state index in [4.69, 9.17) is 4.74 Å². The lowest BCUT2D eigenvalue weighted by Gasteiger charge is -2.27. The number of rotatable bonds is 10. The first-order valence-electron chi connectivity index (χ1n) is 13.4. The molecule has 1 aliphatic rings. The summed E-state index contributed by atoms with van der Waals surface area (Å²) >= 11 is 0. The molecule has 4 aromatic rings. The molecule has 2 aromatic heterocycles. The highest BCUT2D eigenvalue weighted by Crippen LogP contribution is 2.31. The number of ether oxygens (including phenoxy) is 1. The van der Waals surface area contributed by atoms with Crippen molar-refractivity contribution in [2.45, 2.75) is 19.8 Å². The van der Waals surface area contributed by atoms with Crippen molar-refractivity contribution in [1.82, 2.24) is 29.9 Å². The lowest BCUT2D eigenvalue weighted by atomic mass is 10.1. The number of nitrogens with zero attached hydrogens (tertiary/aromatic N) is 4. The van der Waals surface area contributed by atoms with Crippen LogP contribution in [0.1, 0.15) is 28.8 Å². The Hall–Kier alpha value is -4.09. The second-order valence-corrected chi connectivity index (χ2v) is 9.77. The average molecular weight is 550 g/mol. The van der Waals surface area contributed by atoms with Crippen molar-refractivity contribution in [3.8, 4) is 17.0 Å². The van der Waals surface area contributed by atoms with Gasteiger partial charge in [-0.25, -0.2) is 14.4 Å². The second-order valence-electron chi connectivity index (χ2n) is 9.77. The Bertz CT molecular complexity index is 1500. The van der Waals surface area contributed by atoms with E-state index in [1.165, 1.54) is 25.4 Å². The zero-order valence-corrected chi connectivity index (χ0v) is 22.6. The van der Waals surface area contributed by atoms with E-state index < -0.39 is 11.6 Å². The summed E-state index contributed by atoms with van der Waals surface area (Å²) in [6.45, 7) is 7.82. The first-order chi connectivity index (χ1) is 19.5. The maximum atomic E-state index is 14.8. The van der Waals surface area contributed by atoms with Crippen LogP contribution in [0.5, 0.6) is 5.75 Å². The standard InChI is InChI=1S/C29H33F2N7O2/c1-19-17-20(5-6-21(19)29(39)34-9-3-4-13-37-14-10-32-11-15-37)36-27-28-35-18-23(38(28)16-12-33-27)22-7-8-24(40-2)26(31)25(22)30/h5-8,12,16-18,32H,3-4,9-11,13-15H2,1-2H3,(H,33,36)(H,34,39). The molecule has 5 rings (SSSR count). The van der Waals surface area contributed by atoms with Gasteiger partial charge in [0.25, 0.3) is 5.91 Å². The van der Waals surface area contributed by atoms with Gasteiger partial charge in [-0.15, -0.1) is 0 Å². The zero-order chi connectivity index (χ0) is 28.1. The molecule has 1 aliphatic heterocycles. The van der Waals surface area contributed by atoms with Gasteiger partial charge in [0.2, 0.25) is 5.82 Å². The van der Waals surface area contributed by atoms with E-state index in [1.807, 2.05) is 13.0 Å². The maximum Gasteiger partial charge on any atom is 0.251 e. The van der Waals surface area contributed by atoms with Crippen molar-refractivity contribution in [2.75, 3.05) is 51.7 Å². The van der Waals surface area contributed by atoms with E-state index >= 15 is 0 Å². The van der Waals surface area contributed by atoms with Gasteiger partial charge in [0.05, 0.1) is 19.0 Å². The van der Waals surface area contributed by atoms with E-state index in [9.17, 15) is 13.6 Å². The van der Waals surface area contributed by atoms with Crippen LogP contribution in [-0.4, -0.2) is 71.6 Å².